The number of hydrogen-bond donors (Lipinski definition) is 1. The molecule has 0 spiro atoms. The number of anilines is 1. The van der Waals surface area contributed by atoms with Crippen LogP contribution in [0.1, 0.15) is 5.56 Å². The van der Waals surface area contributed by atoms with Crippen LogP contribution in [0.2, 0.25) is 5.28 Å². The minimum atomic E-state index is -4.81. The molecule has 0 saturated carbocycles. The van der Waals surface area contributed by atoms with Crippen LogP contribution in [-0.2, 0) is 10.0 Å². The van der Waals surface area contributed by atoms with E-state index in [1.165, 1.54) is 36.6 Å². The fourth-order valence-corrected chi connectivity index (χ4v) is 6.16. The number of aromatic nitrogens is 3. The first-order valence-electron chi connectivity index (χ1n) is 11.0. The Labute approximate surface area is 224 Å². The average Bonchev–Trinajstić information content (AvgIpc) is 3.30. The topological polar surface area (TPSA) is 84.8 Å². The van der Waals surface area contributed by atoms with Crippen LogP contribution in [-0.4, -0.2) is 23.4 Å². The zero-order chi connectivity index (χ0) is 27.0. The van der Waals surface area contributed by atoms with Crippen molar-refractivity contribution in [1.82, 2.24) is 15.0 Å². The lowest BCUT2D eigenvalue weighted by Crippen LogP contribution is -2.17. The van der Waals surface area contributed by atoms with Gasteiger partial charge in [-0.3, -0.25) is 4.72 Å². The van der Waals surface area contributed by atoms with Gasteiger partial charge in [0.05, 0.1) is 22.0 Å². The number of rotatable bonds is 6. The van der Waals surface area contributed by atoms with Crippen LogP contribution in [0.15, 0.2) is 77.8 Å². The summed E-state index contributed by atoms with van der Waals surface area (Å²) in [6.07, 6.45) is 1.45. The highest BCUT2D eigenvalue weighted by Crippen LogP contribution is 2.42. The van der Waals surface area contributed by atoms with Gasteiger partial charge >= 0.3 is 0 Å². The lowest BCUT2D eigenvalue weighted by atomic mass is 10.1. The van der Waals surface area contributed by atoms with Crippen LogP contribution >= 0.6 is 22.9 Å². The molecule has 0 unspecified atom stereocenters. The molecule has 0 fully saturated rings. The predicted molar refractivity (Wildman–Crippen MR) is 141 cm³/mol. The fraction of sp³-hybridized carbons (Fsp3) is 0.0385. The largest absolute Gasteiger partial charge is 0.276 e. The Morgan fingerprint density at radius 2 is 1.63 bits per heavy atom. The molecule has 12 heteroatoms. The van der Waals surface area contributed by atoms with Crippen molar-refractivity contribution in [2.75, 3.05) is 4.72 Å². The summed E-state index contributed by atoms with van der Waals surface area (Å²) >= 11 is 7.22. The molecule has 2 heterocycles. The van der Waals surface area contributed by atoms with E-state index < -0.39 is 38.1 Å². The van der Waals surface area contributed by atoms with E-state index in [0.29, 0.717) is 15.6 Å². The van der Waals surface area contributed by atoms with Crippen molar-refractivity contribution >= 4 is 38.6 Å². The highest BCUT2D eigenvalue weighted by Gasteiger charge is 2.27. The minimum Gasteiger partial charge on any atom is -0.276 e. The van der Waals surface area contributed by atoms with Crippen molar-refractivity contribution in [2.45, 2.75) is 11.8 Å². The van der Waals surface area contributed by atoms with E-state index in [1.54, 1.807) is 6.07 Å². The van der Waals surface area contributed by atoms with E-state index in [-0.39, 0.29) is 22.1 Å². The van der Waals surface area contributed by atoms with Crippen molar-refractivity contribution in [3.8, 4) is 32.4 Å². The van der Waals surface area contributed by atoms with Gasteiger partial charge in [0.25, 0.3) is 10.0 Å². The van der Waals surface area contributed by atoms with E-state index in [1.807, 2.05) is 35.1 Å². The highest BCUT2D eigenvalue weighted by atomic mass is 35.5. The number of hydrogen-bond acceptors (Lipinski definition) is 6. The monoisotopic (exact) mass is 572 g/mol. The molecule has 0 aliphatic carbocycles. The number of thiazole rings is 1. The first-order valence-corrected chi connectivity index (χ1v) is 13.6. The Balaban J connectivity index is 1.63. The van der Waals surface area contributed by atoms with Crippen LogP contribution < -0.4 is 4.72 Å². The lowest BCUT2D eigenvalue weighted by Gasteiger charge is -2.13. The van der Waals surface area contributed by atoms with Gasteiger partial charge in [-0.25, -0.2) is 36.5 Å². The molecule has 2 aromatic heterocycles. The molecular weight excluding hydrogens is 557 g/mol. The van der Waals surface area contributed by atoms with E-state index in [0.717, 1.165) is 23.8 Å². The summed E-state index contributed by atoms with van der Waals surface area (Å²) in [6, 6.07) is 16.5. The molecule has 5 aromatic rings. The third kappa shape index (κ3) is 5.00. The lowest BCUT2D eigenvalue weighted by molar-refractivity contribution is 0.519. The summed E-state index contributed by atoms with van der Waals surface area (Å²) in [5, 5.41) is 0.534. The second-order valence-electron chi connectivity index (χ2n) is 8.10. The van der Waals surface area contributed by atoms with Crippen molar-refractivity contribution in [3.05, 3.63) is 101 Å². The molecule has 0 amide bonds. The van der Waals surface area contributed by atoms with E-state index in [4.69, 9.17) is 11.6 Å². The Bertz CT molecular complexity index is 1760. The van der Waals surface area contributed by atoms with Gasteiger partial charge in [0.1, 0.15) is 16.6 Å². The van der Waals surface area contributed by atoms with Crippen LogP contribution in [0.5, 0.6) is 0 Å². The number of sulfonamides is 1. The van der Waals surface area contributed by atoms with E-state index in [9.17, 15) is 17.2 Å². The molecule has 38 heavy (non-hydrogen) atoms. The van der Waals surface area contributed by atoms with Crippen LogP contribution in [0.25, 0.3) is 32.4 Å². The van der Waals surface area contributed by atoms with E-state index >= 15 is 4.39 Å². The summed E-state index contributed by atoms with van der Waals surface area (Å²) in [6.45, 7) is 1.42. The normalized spacial score (nSPS) is 11.5. The predicted octanol–water partition coefficient (Wildman–Crippen LogP) is 7.11. The molecule has 5 rings (SSSR count). The van der Waals surface area contributed by atoms with Gasteiger partial charge < -0.3 is 0 Å². The number of aryl methyl sites for hydroxylation is 1. The van der Waals surface area contributed by atoms with Gasteiger partial charge in [0, 0.05) is 17.3 Å². The fourth-order valence-electron chi connectivity index (χ4n) is 3.77. The van der Waals surface area contributed by atoms with Crippen molar-refractivity contribution in [1.29, 1.82) is 0 Å². The number of nitrogens with one attached hydrogen (secondary N) is 1. The zero-order valence-corrected chi connectivity index (χ0v) is 21.8. The number of nitrogens with zero attached hydrogens (tertiary/aromatic N) is 3. The summed E-state index contributed by atoms with van der Waals surface area (Å²) in [4.78, 5) is 12.0. The minimum absolute atomic E-state index is 0.0211. The third-order valence-corrected chi connectivity index (χ3v) is 8.14. The molecule has 3 aromatic carbocycles. The van der Waals surface area contributed by atoms with Crippen LogP contribution in [0.3, 0.4) is 0 Å². The van der Waals surface area contributed by atoms with Crippen LogP contribution in [0, 0.1) is 24.4 Å². The maximum atomic E-state index is 15.8. The molecule has 0 bridgehead atoms. The summed E-state index contributed by atoms with van der Waals surface area (Å²) < 4.78 is 72.4. The molecule has 192 valence electrons. The van der Waals surface area contributed by atoms with Crippen molar-refractivity contribution < 1.29 is 21.6 Å². The van der Waals surface area contributed by atoms with Gasteiger partial charge in [-0.05, 0) is 54.4 Å². The van der Waals surface area contributed by atoms with Gasteiger partial charge in [0.15, 0.2) is 10.7 Å². The maximum Gasteiger partial charge on any atom is 0.267 e. The standard InChI is InChI=1S/C26H16ClF3N4O2S2/c1-14-12-17(28)24(18(29)13-14)38(35,36)34-19-9-5-8-16(21(19)30)22-23(20-10-11-31-26(27)32-20)37-25(33-22)15-6-3-2-4-7-15/h2-13,34H,1H3. The SMILES string of the molecule is Cc1cc(F)c(S(=O)(=O)Nc2cccc(-c3nc(-c4ccccc4)sc3-c3ccnc(Cl)n3)c2F)c(F)c1. The molecule has 1 N–H and O–H groups in total. The average molecular weight is 573 g/mol. The number of halogens is 4. The number of benzene rings is 3. The molecule has 0 saturated heterocycles. The summed E-state index contributed by atoms with van der Waals surface area (Å²) in [7, 11) is -4.81. The van der Waals surface area contributed by atoms with Crippen molar-refractivity contribution in [2.24, 2.45) is 0 Å². The summed E-state index contributed by atoms with van der Waals surface area (Å²) in [5.41, 5.74) is 0.958. The Morgan fingerprint density at radius 3 is 2.32 bits per heavy atom. The molecule has 0 aliphatic rings. The molecular formula is C26H16ClF3N4O2S2. The van der Waals surface area contributed by atoms with Crippen LogP contribution in [0.4, 0.5) is 18.9 Å². The summed E-state index contributed by atoms with van der Waals surface area (Å²) in [5.74, 6) is -3.57. The van der Waals surface area contributed by atoms with Gasteiger partial charge in [-0.1, -0.05) is 36.4 Å². The molecule has 0 aliphatic heterocycles. The second-order valence-corrected chi connectivity index (χ2v) is 11.1. The Kier molecular flexibility index (Phi) is 6.91. The Hall–Kier alpha value is -3.80. The van der Waals surface area contributed by atoms with Gasteiger partial charge in [0.2, 0.25) is 5.28 Å². The Morgan fingerprint density at radius 1 is 0.921 bits per heavy atom. The molecule has 0 atom stereocenters. The quantitative estimate of drug-likeness (QED) is 0.219. The third-order valence-electron chi connectivity index (χ3n) is 5.42. The molecule has 6 nitrogen and oxygen atoms in total. The molecule has 0 radical (unpaired) electrons. The second kappa shape index (κ2) is 10.2. The first kappa shape index (κ1) is 25.8. The zero-order valence-electron chi connectivity index (χ0n) is 19.4. The van der Waals surface area contributed by atoms with Crippen molar-refractivity contribution in [3.63, 3.8) is 0 Å². The van der Waals surface area contributed by atoms with Gasteiger partial charge in [-0.15, -0.1) is 11.3 Å². The maximum absolute atomic E-state index is 15.8. The van der Waals surface area contributed by atoms with Gasteiger partial charge in [-0.2, -0.15) is 0 Å². The van der Waals surface area contributed by atoms with E-state index in [2.05, 4.69) is 15.0 Å². The smallest absolute Gasteiger partial charge is 0.267 e. The highest BCUT2D eigenvalue weighted by molar-refractivity contribution is 7.92. The first-order chi connectivity index (χ1) is 18.1.